The number of carbonyl (C=O) groups is 1. The maximum absolute atomic E-state index is 14.0. The number of nitrogens with zero attached hydrogens (tertiary/aromatic N) is 1. The second kappa shape index (κ2) is 11.3. The Morgan fingerprint density at radius 2 is 1.72 bits per heavy atom. The molecule has 0 spiro atoms. The zero-order chi connectivity index (χ0) is 33.0. The highest BCUT2D eigenvalue weighted by Gasteiger charge is 2.42. The summed E-state index contributed by atoms with van der Waals surface area (Å²) in [6, 6.07) is 17.2. The molecule has 0 bridgehead atoms. The van der Waals surface area contributed by atoms with Crippen LogP contribution in [-0.2, 0) is 10.0 Å². The molecule has 4 aromatic carbocycles. The van der Waals surface area contributed by atoms with Gasteiger partial charge in [-0.25, -0.2) is 12.8 Å². The summed E-state index contributed by atoms with van der Waals surface area (Å²) in [5, 5.41) is 2.92. The maximum Gasteiger partial charge on any atom is 0.412 e. The van der Waals surface area contributed by atoms with E-state index in [9.17, 15) is 35.6 Å². The Kier molecular flexibility index (Phi) is 7.59. The standard InChI is InChI=1S/C33H25F4N3O5S/c1-3-40(46(2,43)44)26-17-27-24(28-29(45-27)22-13-12-21(34)15-25(22)38-32(28)42)16-23(26)19-10-7-11-20(14-19)31(41)39-30(33(35,36)37)18-8-5-4-6-9-18/h4-17,30H,3H2,1-2H3,(H,38,42)(H,39,41). The van der Waals surface area contributed by atoms with Crippen molar-refractivity contribution in [3.63, 3.8) is 0 Å². The number of H-pyrrole nitrogens is 1. The van der Waals surface area contributed by atoms with Crippen molar-refractivity contribution in [1.29, 1.82) is 0 Å². The molecule has 46 heavy (non-hydrogen) atoms. The number of aromatic nitrogens is 1. The van der Waals surface area contributed by atoms with Crippen molar-refractivity contribution in [3.05, 3.63) is 112 Å². The van der Waals surface area contributed by atoms with Crippen molar-refractivity contribution < 1.29 is 35.2 Å². The number of nitrogens with one attached hydrogen (secondary N) is 2. The van der Waals surface area contributed by atoms with Gasteiger partial charge in [0.25, 0.3) is 11.5 Å². The second-order valence-electron chi connectivity index (χ2n) is 10.7. The van der Waals surface area contributed by atoms with Gasteiger partial charge in [-0.05, 0) is 54.4 Å². The van der Waals surface area contributed by atoms with E-state index in [0.717, 1.165) is 16.6 Å². The fourth-order valence-electron chi connectivity index (χ4n) is 5.61. The Morgan fingerprint density at radius 1 is 0.978 bits per heavy atom. The summed E-state index contributed by atoms with van der Waals surface area (Å²) in [6.45, 7) is 1.62. The van der Waals surface area contributed by atoms with Crippen molar-refractivity contribution in [1.82, 2.24) is 10.3 Å². The predicted octanol–water partition coefficient (Wildman–Crippen LogP) is 7.05. The van der Waals surface area contributed by atoms with Gasteiger partial charge in [0.05, 0.1) is 22.8 Å². The van der Waals surface area contributed by atoms with Gasteiger partial charge in [-0.1, -0.05) is 42.5 Å². The molecule has 0 aliphatic carbocycles. The van der Waals surface area contributed by atoms with E-state index in [1.807, 2.05) is 0 Å². The molecular weight excluding hydrogens is 626 g/mol. The summed E-state index contributed by atoms with van der Waals surface area (Å²) in [7, 11) is -3.86. The number of benzene rings is 4. The van der Waals surface area contributed by atoms with Crippen LogP contribution in [0.5, 0.6) is 0 Å². The molecule has 0 aliphatic heterocycles. The van der Waals surface area contributed by atoms with Gasteiger partial charge < -0.3 is 14.7 Å². The first kappa shape index (κ1) is 30.8. The van der Waals surface area contributed by atoms with Gasteiger partial charge in [0.15, 0.2) is 6.04 Å². The minimum absolute atomic E-state index is 0.00484. The van der Waals surface area contributed by atoms with E-state index >= 15 is 0 Å². The molecule has 13 heteroatoms. The molecular formula is C33H25F4N3O5S. The van der Waals surface area contributed by atoms with Crippen LogP contribution in [0.15, 0.2) is 94.1 Å². The highest BCUT2D eigenvalue weighted by molar-refractivity contribution is 7.92. The van der Waals surface area contributed by atoms with E-state index < -0.39 is 39.5 Å². The lowest BCUT2D eigenvalue weighted by molar-refractivity contribution is -0.155. The van der Waals surface area contributed by atoms with Crippen LogP contribution in [0.25, 0.3) is 44.0 Å². The molecule has 236 valence electrons. The number of alkyl halides is 3. The number of hydrogen-bond donors (Lipinski definition) is 2. The molecule has 1 atom stereocenters. The molecule has 0 radical (unpaired) electrons. The first-order valence-electron chi connectivity index (χ1n) is 14.0. The van der Waals surface area contributed by atoms with Gasteiger partial charge in [0.2, 0.25) is 10.0 Å². The summed E-state index contributed by atoms with van der Waals surface area (Å²) >= 11 is 0. The van der Waals surface area contributed by atoms with Crippen LogP contribution in [0.3, 0.4) is 0 Å². The van der Waals surface area contributed by atoms with Gasteiger partial charge in [0, 0.05) is 34.5 Å². The third kappa shape index (κ3) is 5.58. The lowest BCUT2D eigenvalue weighted by Crippen LogP contribution is -2.38. The maximum atomic E-state index is 14.0. The van der Waals surface area contributed by atoms with Crippen LogP contribution in [-0.4, -0.2) is 38.3 Å². The van der Waals surface area contributed by atoms with E-state index in [0.29, 0.717) is 16.3 Å². The Bertz CT molecular complexity index is 2320. The molecule has 1 amide bonds. The molecule has 2 heterocycles. The Morgan fingerprint density at radius 3 is 2.39 bits per heavy atom. The van der Waals surface area contributed by atoms with Crippen LogP contribution in [0.4, 0.5) is 23.2 Å². The summed E-state index contributed by atoms with van der Waals surface area (Å²) in [4.78, 5) is 29.1. The third-order valence-corrected chi connectivity index (χ3v) is 8.89. The van der Waals surface area contributed by atoms with Crippen molar-refractivity contribution in [2.45, 2.75) is 19.1 Å². The number of sulfonamides is 1. The van der Waals surface area contributed by atoms with E-state index in [2.05, 4.69) is 10.3 Å². The molecule has 8 nitrogen and oxygen atoms in total. The summed E-state index contributed by atoms with van der Waals surface area (Å²) in [6.07, 6.45) is -3.77. The highest BCUT2D eigenvalue weighted by atomic mass is 32.2. The lowest BCUT2D eigenvalue weighted by atomic mass is 9.98. The number of anilines is 1. The van der Waals surface area contributed by atoms with Crippen LogP contribution < -0.4 is 15.2 Å². The lowest BCUT2D eigenvalue weighted by Gasteiger charge is -2.24. The predicted molar refractivity (Wildman–Crippen MR) is 168 cm³/mol. The molecule has 1 unspecified atom stereocenters. The number of amides is 1. The van der Waals surface area contributed by atoms with Gasteiger partial charge in [-0.15, -0.1) is 0 Å². The monoisotopic (exact) mass is 651 g/mol. The van der Waals surface area contributed by atoms with E-state index in [4.69, 9.17) is 4.42 Å². The minimum Gasteiger partial charge on any atom is -0.455 e. The van der Waals surface area contributed by atoms with Crippen molar-refractivity contribution in [2.24, 2.45) is 0 Å². The van der Waals surface area contributed by atoms with Crippen LogP contribution in [0.2, 0.25) is 0 Å². The topological polar surface area (TPSA) is 112 Å². The number of furan rings is 1. The highest BCUT2D eigenvalue weighted by Crippen LogP contribution is 2.41. The number of pyridine rings is 1. The SMILES string of the molecule is CCN(c1cc2oc3c4ccc(F)cc4[nH]c(=O)c3c2cc1-c1cccc(C(=O)NC(c2ccccc2)C(F)(F)F)c1)S(C)(=O)=O. The average Bonchev–Trinajstić information content (AvgIpc) is 3.38. The molecule has 0 fully saturated rings. The number of aromatic amines is 1. The zero-order valence-corrected chi connectivity index (χ0v) is 25.1. The zero-order valence-electron chi connectivity index (χ0n) is 24.3. The number of fused-ring (bicyclic) bond motifs is 5. The third-order valence-electron chi connectivity index (χ3n) is 7.64. The number of halogens is 4. The van der Waals surface area contributed by atoms with Gasteiger partial charge >= 0.3 is 6.18 Å². The van der Waals surface area contributed by atoms with E-state index in [1.54, 1.807) is 19.1 Å². The summed E-state index contributed by atoms with van der Waals surface area (Å²) in [5.74, 6) is -1.57. The summed E-state index contributed by atoms with van der Waals surface area (Å²) < 4.78 is 88.8. The van der Waals surface area contributed by atoms with Gasteiger partial charge in [-0.3, -0.25) is 13.9 Å². The molecule has 2 aromatic heterocycles. The molecule has 0 saturated heterocycles. The second-order valence-corrected chi connectivity index (χ2v) is 12.6. The fraction of sp³-hybridized carbons (Fsp3) is 0.152. The molecule has 6 aromatic rings. The smallest absolute Gasteiger partial charge is 0.412 e. The number of rotatable bonds is 7. The summed E-state index contributed by atoms with van der Waals surface area (Å²) in [5.41, 5.74) is 0.413. The normalized spacial score (nSPS) is 12.9. The van der Waals surface area contributed by atoms with Crippen molar-refractivity contribution in [3.8, 4) is 11.1 Å². The first-order valence-corrected chi connectivity index (χ1v) is 15.8. The fourth-order valence-corrected chi connectivity index (χ4v) is 6.59. The number of carbonyl (C=O) groups excluding carboxylic acids is 1. The first-order chi connectivity index (χ1) is 21.8. The Labute approximate surface area is 259 Å². The number of hydrogen-bond acceptors (Lipinski definition) is 5. The van der Waals surface area contributed by atoms with Crippen molar-refractivity contribution in [2.75, 3.05) is 17.1 Å². The van der Waals surface area contributed by atoms with Crippen LogP contribution in [0, 0.1) is 5.82 Å². The van der Waals surface area contributed by atoms with E-state index in [-0.39, 0.29) is 51.0 Å². The van der Waals surface area contributed by atoms with E-state index in [1.165, 1.54) is 66.7 Å². The minimum atomic E-state index is -4.78. The molecule has 2 N–H and O–H groups in total. The largest absolute Gasteiger partial charge is 0.455 e. The quantitative estimate of drug-likeness (QED) is 0.180. The Hall–Kier alpha value is -5.17. The van der Waals surface area contributed by atoms with Gasteiger partial charge in [0.1, 0.15) is 17.0 Å². The Balaban J connectivity index is 1.54. The van der Waals surface area contributed by atoms with Gasteiger partial charge in [-0.2, -0.15) is 13.2 Å². The molecule has 0 aliphatic rings. The molecule has 6 rings (SSSR count). The van der Waals surface area contributed by atoms with Crippen LogP contribution >= 0.6 is 0 Å². The average molecular weight is 652 g/mol. The van der Waals surface area contributed by atoms with Crippen LogP contribution in [0.1, 0.15) is 28.9 Å². The molecule has 0 saturated carbocycles. The van der Waals surface area contributed by atoms with Crippen molar-refractivity contribution >= 4 is 54.5 Å².